The average molecular weight is 469 g/mol. The summed E-state index contributed by atoms with van der Waals surface area (Å²) in [5, 5.41) is 11.9. The number of ether oxygens (including phenoxy) is 1. The predicted molar refractivity (Wildman–Crippen MR) is 110 cm³/mol. The van der Waals surface area contributed by atoms with Crippen LogP contribution in [0.15, 0.2) is 24.4 Å². The van der Waals surface area contributed by atoms with Crippen LogP contribution in [-0.2, 0) is 33.5 Å². The molecule has 0 unspecified atom stereocenters. The SMILES string of the molecule is CC(C)(C)OC(=O)N[C@@H]1C=C[C@@H](CC(=O)O)[C@@H]1C(=O)N1CCc2ncc(C(F)(F)F)cc2C1. The summed E-state index contributed by atoms with van der Waals surface area (Å²) in [6, 6.07) is 0.178. The van der Waals surface area contributed by atoms with Gasteiger partial charge in [-0.1, -0.05) is 12.2 Å². The number of aromatic nitrogens is 1. The van der Waals surface area contributed by atoms with Gasteiger partial charge in [-0.25, -0.2) is 4.79 Å². The van der Waals surface area contributed by atoms with Crippen LogP contribution in [0.4, 0.5) is 18.0 Å². The molecule has 0 radical (unpaired) electrons. The summed E-state index contributed by atoms with van der Waals surface area (Å²) in [5.74, 6) is -3.16. The third kappa shape index (κ3) is 6.02. The van der Waals surface area contributed by atoms with Crippen LogP contribution in [0.25, 0.3) is 0 Å². The van der Waals surface area contributed by atoms with Crippen molar-refractivity contribution in [2.24, 2.45) is 11.8 Å². The van der Waals surface area contributed by atoms with E-state index in [1.165, 1.54) is 4.90 Å². The molecule has 3 atom stereocenters. The van der Waals surface area contributed by atoms with Crippen LogP contribution in [0.1, 0.15) is 44.0 Å². The van der Waals surface area contributed by atoms with E-state index < -0.39 is 53.2 Å². The van der Waals surface area contributed by atoms with Gasteiger partial charge in [-0.3, -0.25) is 14.6 Å². The molecule has 11 heteroatoms. The van der Waals surface area contributed by atoms with Crippen LogP contribution in [0.3, 0.4) is 0 Å². The zero-order valence-electron chi connectivity index (χ0n) is 18.5. The zero-order chi connectivity index (χ0) is 24.6. The highest BCUT2D eigenvalue weighted by Gasteiger charge is 2.42. The number of pyridine rings is 1. The van der Waals surface area contributed by atoms with Crippen molar-refractivity contribution < 1.29 is 37.4 Å². The molecule has 2 aliphatic rings. The lowest BCUT2D eigenvalue weighted by molar-refractivity contribution is -0.141. The highest BCUT2D eigenvalue weighted by atomic mass is 19.4. The monoisotopic (exact) mass is 469 g/mol. The van der Waals surface area contributed by atoms with Crippen molar-refractivity contribution >= 4 is 18.0 Å². The van der Waals surface area contributed by atoms with Crippen molar-refractivity contribution in [3.05, 3.63) is 41.2 Å². The quantitative estimate of drug-likeness (QED) is 0.656. The molecule has 0 saturated heterocycles. The number of carboxylic acid groups (broad SMARTS) is 1. The van der Waals surface area contributed by atoms with Crippen LogP contribution >= 0.6 is 0 Å². The summed E-state index contributed by atoms with van der Waals surface area (Å²) in [7, 11) is 0. The van der Waals surface area contributed by atoms with Gasteiger partial charge in [0.25, 0.3) is 0 Å². The Morgan fingerprint density at radius 2 is 1.94 bits per heavy atom. The molecule has 2 amide bonds. The number of hydrogen-bond acceptors (Lipinski definition) is 5. The number of alkyl halides is 3. The van der Waals surface area contributed by atoms with Crippen LogP contribution in [0, 0.1) is 11.8 Å². The first-order valence-electron chi connectivity index (χ1n) is 10.5. The van der Waals surface area contributed by atoms with Gasteiger partial charge in [0.2, 0.25) is 5.91 Å². The molecule has 1 aliphatic carbocycles. The first-order valence-corrected chi connectivity index (χ1v) is 10.5. The lowest BCUT2D eigenvalue weighted by Crippen LogP contribution is -2.50. The Kier molecular flexibility index (Phi) is 6.71. The third-order valence-electron chi connectivity index (χ3n) is 5.47. The van der Waals surface area contributed by atoms with E-state index in [1.807, 2.05) is 0 Å². The molecule has 0 aromatic carbocycles. The molecule has 1 aromatic rings. The lowest BCUT2D eigenvalue weighted by atomic mass is 9.87. The molecule has 0 saturated carbocycles. The number of allylic oxidation sites excluding steroid dienone is 1. The first kappa shape index (κ1) is 24.5. The number of aliphatic carboxylic acids is 1. The Balaban J connectivity index is 1.81. The van der Waals surface area contributed by atoms with Crippen molar-refractivity contribution in [3.8, 4) is 0 Å². The summed E-state index contributed by atoms with van der Waals surface area (Å²) in [6.45, 7) is 5.18. The number of nitrogens with one attached hydrogen (secondary N) is 1. The van der Waals surface area contributed by atoms with Crippen LogP contribution < -0.4 is 5.32 Å². The Hall–Kier alpha value is -3.11. The largest absolute Gasteiger partial charge is 0.481 e. The van der Waals surface area contributed by atoms with E-state index in [-0.39, 0.29) is 25.9 Å². The minimum absolute atomic E-state index is 0.0828. The lowest BCUT2D eigenvalue weighted by Gasteiger charge is -2.34. The summed E-state index contributed by atoms with van der Waals surface area (Å²) >= 11 is 0. The van der Waals surface area contributed by atoms with E-state index in [0.717, 1.165) is 12.3 Å². The van der Waals surface area contributed by atoms with Crippen molar-refractivity contribution in [2.75, 3.05) is 6.54 Å². The van der Waals surface area contributed by atoms with E-state index in [2.05, 4.69) is 10.3 Å². The molecular weight excluding hydrogens is 443 g/mol. The number of alkyl carbamates (subject to hydrolysis) is 1. The van der Waals surface area contributed by atoms with E-state index in [0.29, 0.717) is 11.3 Å². The minimum atomic E-state index is -4.56. The van der Waals surface area contributed by atoms with Gasteiger partial charge in [0.05, 0.1) is 23.9 Å². The average Bonchev–Trinajstić information content (AvgIpc) is 3.05. The second kappa shape index (κ2) is 9.03. The minimum Gasteiger partial charge on any atom is -0.481 e. The van der Waals surface area contributed by atoms with E-state index in [1.54, 1.807) is 32.9 Å². The maximum absolute atomic E-state index is 13.4. The van der Waals surface area contributed by atoms with Crippen LogP contribution in [0.5, 0.6) is 0 Å². The number of carbonyl (C=O) groups is 3. The van der Waals surface area contributed by atoms with Crippen LogP contribution in [0.2, 0.25) is 0 Å². The maximum atomic E-state index is 13.4. The first-order chi connectivity index (χ1) is 15.2. The van der Waals surface area contributed by atoms with Gasteiger partial charge in [-0.2, -0.15) is 13.2 Å². The summed E-state index contributed by atoms with van der Waals surface area (Å²) in [6.07, 6.45) is -1.47. The van der Waals surface area contributed by atoms with Gasteiger partial charge in [0.15, 0.2) is 0 Å². The number of halogens is 3. The van der Waals surface area contributed by atoms with E-state index in [4.69, 9.17) is 4.74 Å². The zero-order valence-corrected chi connectivity index (χ0v) is 18.5. The van der Waals surface area contributed by atoms with Gasteiger partial charge in [-0.05, 0) is 32.4 Å². The predicted octanol–water partition coefficient (Wildman–Crippen LogP) is 3.16. The number of carbonyl (C=O) groups excluding carboxylic acids is 2. The molecule has 1 aromatic heterocycles. The number of nitrogens with zero attached hydrogens (tertiary/aromatic N) is 2. The summed E-state index contributed by atoms with van der Waals surface area (Å²) in [5.41, 5.74) is -0.887. The summed E-state index contributed by atoms with van der Waals surface area (Å²) < 4.78 is 44.5. The highest BCUT2D eigenvalue weighted by Crippen LogP contribution is 2.34. The van der Waals surface area contributed by atoms with E-state index >= 15 is 0 Å². The van der Waals surface area contributed by atoms with Crippen LogP contribution in [-0.4, -0.2) is 51.1 Å². The Bertz CT molecular complexity index is 971. The second-order valence-electron chi connectivity index (χ2n) is 9.18. The highest BCUT2D eigenvalue weighted by molar-refractivity contribution is 5.83. The number of hydrogen-bond donors (Lipinski definition) is 2. The van der Waals surface area contributed by atoms with Crippen molar-refractivity contribution in [3.63, 3.8) is 0 Å². The number of carboxylic acids is 1. The Morgan fingerprint density at radius 1 is 1.24 bits per heavy atom. The topological polar surface area (TPSA) is 109 Å². The standard InChI is InChI=1S/C22H26F3N3O5/c1-21(2,3)33-20(32)27-16-5-4-12(9-17(29)30)18(16)19(31)28-7-6-15-13(11-28)8-14(10-26-15)22(23,24)25/h4-5,8,10,12,16,18H,6-7,9,11H2,1-3H3,(H,27,32)(H,29,30)/t12-,16+,18-/m0/s1. The van der Waals surface area contributed by atoms with Gasteiger partial charge in [0, 0.05) is 37.3 Å². The third-order valence-corrected chi connectivity index (χ3v) is 5.47. The smallest absolute Gasteiger partial charge is 0.417 e. The molecule has 2 heterocycles. The van der Waals surface area contributed by atoms with E-state index in [9.17, 15) is 32.7 Å². The Morgan fingerprint density at radius 3 is 2.55 bits per heavy atom. The van der Waals surface area contributed by atoms with Crippen molar-refractivity contribution in [2.45, 2.75) is 58.0 Å². The van der Waals surface area contributed by atoms with Crippen molar-refractivity contribution in [1.29, 1.82) is 0 Å². The summed E-state index contributed by atoms with van der Waals surface area (Å²) in [4.78, 5) is 42.3. The fourth-order valence-corrected chi connectivity index (χ4v) is 4.06. The van der Waals surface area contributed by atoms with Gasteiger partial charge in [0.1, 0.15) is 5.60 Å². The van der Waals surface area contributed by atoms with Gasteiger partial charge in [-0.15, -0.1) is 0 Å². The molecule has 180 valence electrons. The van der Waals surface area contributed by atoms with Gasteiger partial charge < -0.3 is 20.1 Å². The molecular formula is C22H26F3N3O5. The van der Waals surface area contributed by atoms with Gasteiger partial charge >= 0.3 is 18.2 Å². The molecule has 0 fully saturated rings. The number of fused-ring (bicyclic) bond motifs is 1. The molecule has 33 heavy (non-hydrogen) atoms. The number of rotatable bonds is 4. The molecule has 8 nitrogen and oxygen atoms in total. The molecule has 2 N–H and O–H groups in total. The molecule has 3 rings (SSSR count). The molecule has 0 bridgehead atoms. The fraction of sp³-hybridized carbons (Fsp3) is 0.545. The molecule has 0 spiro atoms. The normalized spacial score (nSPS) is 22.6. The molecule has 1 aliphatic heterocycles. The Labute approximate surface area is 188 Å². The van der Waals surface area contributed by atoms with Crippen molar-refractivity contribution in [1.82, 2.24) is 15.2 Å². The maximum Gasteiger partial charge on any atom is 0.417 e. The fourth-order valence-electron chi connectivity index (χ4n) is 4.06. The second-order valence-corrected chi connectivity index (χ2v) is 9.18. The number of amides is 2.